The van der Waals surface area contributed by atoms with Gasteiger partial charge in [-0.15, -0.1) is 0 Å². The Balaban J connectivity index is 3.15. The fraction of sp³-hybridized carbons (Fsp3) is 0.400. The topological polar surface area (TPSA) is 20.2 Å². The van der Waals surface area contributed by atoms with Gasteiger partial charge < -0.3 is 5.11 Å². The first-order chi connectivity index (χ1) is 6.43. The molecule has 1 N–H and O–H groups in total. The normalized spacial score (nSPS) is 13.4. The summed E-state index contributed by atoms with van der Waals surface area (Å²) < 4.78 is 37.4. The number of hydrogen-bond donors (Lipinski definition) is 1. The van der Waals surface area contributed by atoms with Gasteiger partial charge in [0, 0.05) is 5.56 Å². The van der Waals surface area contributed by atoms with Crippen molar-refractivity contribution in [3.05, 3.63) is 34.6 Å². The molecule has 1 nitrogen and oxygen atoms in total. The van der Waals surface area contributed by atoms with Crippen molar-refractivity contribution in [2.24, 2.45) is 0 Å². The molecule has 0 saturated heterocycles. The SMILES string of the molecule is Cc1cc(F)c(C(O)C(F)F)cc1C. The summed E-state index contributed by atoms with van der Waals surface area (Å²) in [4.78, 5) is 0. The van der Waals surface area contributed by atoms with Gasteiger partial charge in [0.1, 0.15) is 11.9 Å². The van der Waals surface area contributed by atoms with Gasteiger partial charge in [0.15, 0.2) is 0 Å². The van der Waals surface area contributed by atoms with E-state index in [1.807, 2.05) is 0 Å². The van der Waals surface area contributed by atoms with Gasteiger partial charge in [-0.05, 0) is 31.0 Å². The number of aliphatic hydroxyl groups is 1. The molecule has 0 fully saturated rings. The van der Waals surface area contributed by atoms with E-state index in [4.69, 9.17) is 5.11 Å². The van der Waals surface area contributed by atoms with Crippen molar-refractivity contribution in [3.8, 4) is 0 Å². The average Bonchev–Trinajstić information content (AvgIpc) is 2.10. The van der Waals surface area contributed by atoms with E-state index in [2.05, 4.69) is 0 Å². The summed E-state index contributed by atoms with van der Waals surface area (Å²) in [7, 11) is 0. The maximum atomic E-state index is 13.1. The van der Waals surface area contributed by atoms with Gasteiger partial charge in [-0.25, -0.2) is 13.2 Å². The molecule has 0 aliphatic heterocycles. The number of aliphatic hydroxyl groups excluding tert-OH is 1. The summed E-state index contributed by atoms with van der Waals surface area (Å²) in [5, 5.41) is 9.00. The van der Waals surface area contributed by atoms with Crippen molar-refractivity contribution in [1.82, 2.24) is 0 Å². The van der Waals surface area contributed by atoms with Gasteiger partial charge in [-0.3, -0.25) is 0 Å². The van der Waals surface area contributed by atoms with E-state index in [0.29, 0.717) is 11.1 Å². The smallest absolute Gasteiger partial charge is 0.268 e. The molecular formula is C10H11F3O. The fourth-order valence-corrected chi connectivity index (χ4v) is 1.17. The Morgan fingerprint density at radius 3 is 2.14 bits per heavy atom. The summed E-state index contributed by atoms with van der Waals surface area (Å²) in [5.41, 5.74) is 1.01. The fourth-order valence-electron chi connectivity index (χ4n) is 1.17. The zero-order valence-corrected chi connectivity index (χ0v) is 7.89. The molecule has 1 unspecified atom stereocenters. The molecule has 1 aromatic rings. The first-order valence-corrected chi connectivity index (χ1v) is 4.16. The molecule has 0 aliphatic carbocycles. The van der Waals surface area contributed by atoms with Crippen LogP contribution in [0, 0.1) is 19.7 Å². The highest BCUT2D eigenvalue weighted by molar-refractivity contribution is 5.32. The Morgan fingerprint density at radius 2 is 1.64 bits per heavy atom. The predicted octanol–water partition coefficient (Wildman–Crippen LogP) is 2.74. The third-order valence-corrected chi connectivity index (χ3v) is 2.17. The van der Waals surface area contributed by atoms with Crippen LogP contribution in [0.5, 0.6) is 0 Å². The number of benzene rings is 1. The molecule has 78 valence electrons. The molecular weight excluding hydrogens is 193 g/mol. The monoisotopic (exact) mass is 204 g/mol. The number of hydrogen-bond acceptors (Lipinski definition) is 1. The van der Waals surface area contributed by atoms with E-state index < -0.39 is 18.3 Å². The average molecular weight is 204 g/mol. The van der Waals surface area contributed by atoms with Crippen molar-refractivity contribution in [1.29, 1.82) is 0 Å². The maximum absolute atomic E-state index is 13.1. The highest BCUT2D eigenvalue weighted by Crippen LogP contribution is 2.25. The second-order valence-corrected chi connectivity index (χ2v) is 3.24. The van der Waals surface area contributed by atoms with Crippen molar-refractivity contribution >= 4 is 0 Å². The summed E-state index contributed by atoms with van der Waals surface area (Å²) >= 11 is 0. The molecule has 0 spiro atoms. The molecule has 0 aromatic heterocycles. The van der Waals surface area contributed by atoms with Crippen LogP contribution in [-0.4, -0.2) is 11.5 Å². The minimum atomic E-state index is -2.97. The third-order valence-electron chi connectivity index (χ3n) is 2.17. The lowest BCUT2D eigenvalue weighted by Gasteiger charge is -2.12. The van der Waals surface area contributed by atoms with E-state index in [-0.39, 0.29) is 5.56 Å². The number of aryl methyl sites for hydroxylation is 2. The predicted molar refractivity (Wildman–Crippen MR) is 46.8 cm³/mol. The Bertz CT molecular complexity index is 336. The van der Waals surface area contributed by atoms with E-state index in [9.17, 15) is 13.2 Å². The van der Waals surface area contributed by atoms with E-state index in [0.717, 1.165) is 6.07 Å². The lowest BCUT2D eigenvalue weighted by molar-refractivity contribution is -0.00775. The van der Waals surface area contributed by atoms with Crippen LogP contribution < -0.4 is 0 Å². The van der Waals surface area contributed by atoms with Crippen molar-refractivity contribution in [3.63, 3.8) is 0 Å². The van der Waals surface area contributed by atoms with Gasteiger partial charge >= 0.3 is 0 Å². The lowest BCUT2D eigenvalue weighted by atomic mass is 10.0. The van der Waals surface area contributed by atoms with E-state index >= 15 is 0 Å². The Kier molecular flexibility index (Phi) is 3.16. The highest BCUT2D eigenvalue weighted by atomic mass is 19.3. The molecule has 0 aliphatic rings. The molecule has 0 bridgehead atoms. The van der Waals surface area contributed by atoms with Gasteiger partial charge in [0.25, 0.3) is 6.43 Å². The van der Waals surface area contributed by atoms with Crippen LogP contribution in [0.4, 0.5) is 13.2 Å². The third kappa shape index (κ3) is 2.07. The Hall–Kier alpha value is -1.03. The second-order valence-electron chi connectivity index (χ2n) is 3.24. The van der Waals surface area contributed by atoms with Gasteiger partial charge in [-0.1, -0.05) is 6.07 Å². The summed E-state index contributed by atoms with van der Waals surface area (Å²) in [6.07, 6.45) is -5.01. The standard InChI is InChI=1S/C10H11F3O/c1-5-3-7(9(14)10(12)13)8(11)4-6(5)2/h3-4,9-10,14H,1-2H3. The molecule has 0 amide bonds. The van der Waals surface area contributed by atoms with Crippen LogP contribution in [0.15, 0.2) is 12.1 Å². The zero-order chi connectivity index (χ0) is 10.9. The molecule has 4 heteroatoms. The van der Waals surface area contributed by atoms with Crippen molar-refractivity contribution in [2.75, 3.05) is 0 Å². The highest BCUT2D eigenvalue weighted by Gasteiger charge is 2.22. The quantitative estimate of drug-likeness (QED) is 0.785. The van der Waals surface area contributed by atoms with Crippen LogP contribution in [0.1, 0.15) is 22.8 Å². The molecule has 1 aromatic carbocycles. The number of halogens is 3. The van der Waals surface area contributed by atoms with Crippen LogP contribution in [0.3, 0.4) is 0 Å². The number of alkyl halides is 2. The molecule has 0 saturated carbocycles. The molecule has 14 heavy (non-hydrogen) atoms. The maximum Gasteiger partial charge on any atom is 0.268 e. The van der Waals surface area contributed by atoms with Gasteiger partial charge in [0.2, 0.25) is 0 Å². The van der Waals surface area contributed by atoms with Crippen molar-refractivity contribution < 1.29 is 18.3 Å². The first kappa shape index (κ1) is 11.0. The largest absolute Gasteiger partial charge is 0.382 e. The summed E-state index contributed by atoms with van der Waals surface area (Å²) in [6.45, 7) is 3.35. The molecule has 1 rings (SSSR count). The van der Waals surface area contributed by atoms with Crippen LogP contribution in [0.2, 0.25) is 0 Å². The first-order valence-electron chi connectivity index (χ1n) is 4.16. The van der Waals surface area contributed by atoms with E-state index in [1.54, 1.807) is 13.8 Å². The van der Waals surface area contributed by atoms with Crippen LogP contribution >= 0.6 is 0 Å². The Morgan fingerprint density at radius 1 is 1.14 bits per heavy atom. The molecule has 0 heterocycles. The van der Waals surface area contributed by atoms with E-state index in [1.165, 1.54) is 6.07 Å². The lowest BCUT2D eigenvalue weighted by Crippen LogP contribution is -2.10. The van der Waals surface area contributed by atoms with Crippen LogP contribution in [0.25, 0.3) is 0 Å². The minimum Gasteiger partial charge on any atom is -0.382 e. The summed E-state index contributed by atoms with van der Waals surface area (Å²) in [5.74, 6) is -0.791. The molecule has 0 radical (unpaired) electrons. The summed E-state index contributed by atoms with van der Waals surface area (Å²) in [6, 6.07) is 2.40. The minimum absolute atomic E-state index is 0.344. The number of rotatable bonds is 2. The zero-order valence-electron chi connectivity index (χ0n) is 7.89. The van der Waals surface area contributed by atoms with Gasteiger partial charge in [-0.2, -0.15) is 0 Å². The van der Waals surface area contributed by atoms with Crippen LogP contribution in [-0.2, 0) is 0 Å². The Labute approximate surface area is 80.2 Å². The second kappa shape index (κ2) is 4.00. The molecule has 1 atom stereocenters. The van der Waals surface area contributed by atoms with Gasteiger partial charge in [0.05, 0.1) is 0 Å². The van der Waals surface area contributed by atoms with Crippen molar-refractivity contribution in [2.45, 2.75) is 26.4 Å².